The average molecular weight is 195 g/mol. The van der Waals surface area contributed by atoms with Crippen LogP contribution in [-0.2, 0) is 4.79 Å². The van der Waals surface area contributed by atoms with Crippen molar-refractivity contribution in [3.8, 4) is 6.07 Å². The van der Waals surface area contributed by atoms with Crippen molar-refractivity contribution in [1.29, 1.82) is 5.26 Å². The molecule has 0 aliphatic carbocycles. The monoisotopic (exact) mass is 195 g/mol. The second kappa shape index (κ2) is 4.97. The molecular formula is C10H17N3O. The Morgan fingerprint density at radius 3 is 3.07 bits per heavy atom. The maximum absolute atomic E-state index is 11.7. The van der Waals surface area contributed by atoms with Crippen LogP contribution in [0.1, 0.15) is 32.6 Å². The molecule has 14 heavy (non-hydrogen) atoms. The van der Waals surface area contributed by atoms with E-state index in [0.717, 1.165) is 25.8 Å². The van der Waals surface area contributed by atoms with Crippen LogP contribution in [0.2, 0.25) is 0 Å². The van der Waals surface area contributed by atoms with Crippen molar-refractivity contribution in [1.82, 2.24) is 10.6 Å². The molecule has 1 aliphatic rings. The first-order chi connectivity index (χ1) is 6.69. The lowest BCUT2D eigenvalue weighted by Gasteiger charge is -2.22. The van der Waals surface area contributed by atoms with Crippen LogP contribution in [-0.4, -0.2) is 24.5 Å². The zero-order valence-electron chi connectivity index (χ0n) is 8.60. The molecule has 78 valence electrons. The minimum Gasteiger partial charge on any atom is -0.354 e. The van der Waals surface area contributed by atoms with Gasteiger partial charge in [0.2, 0.25) is 5.91 Å². The lowest BCUT2D eigenvalue weighted by atomic mass is 9.99. The van der Waals surface area contributed by atoms with Crippen LogP contribution in [0.3, 0.4) is 0 Å². The summed E-state index contributed by atoms with van der Waals surface area (Å²) >= 11 is 0. The van der Waals surface area contributed by atoms with Crippen LogP contribution in [0.5, 0.6) is 0 Å². The first kappa shape index (κ1) is 11.0. The normalized spacial score (nSPS) is 25.7. The van der Waals surface area contributed by atoms with Gasteiger partial charge in [-0.2, -0.15) is 5.26 Å². The van der Waals surface area contributed by atoms with E-state index in [1.807, 2.05) is 6.92 Å². The second-order valence-electron chi connectivity index (χ2n) is 3.88. The SMILES string of the molecule is CC1(C(=O)NCCCC#N)CCCN1. The second-order valence-corrected chi connectivity index (χ2v) is 3.88. The lowest BCUT2D eigenvalue weighted by Crippen LogP contribution is -2.51. The number of amides is 1. The minimum absolute atomic E-state index is 0.0629. The fourth-order valence-electron chi connectivity index (χ4n) is 1.65. The van der Waals surface area contributed by atoms with Gasteiger partial charge in [-0.25, -0.2) is 0 Å². The molecule has 0 spiro atoms. The summed E-state index contributed by atoms with van der Waals surface area (Å²) < 4.78 is 0. The Hall–Kier alpha value is -1.08. The van der Waals surface area contributed by atoms with Gasteiger partial charge in [-0.05, 0) is 32.7 Å². The Kier molecular flexibility index (Phi) is 3.90. The topological polar surface area (TPSA) is 64.9 Å². The van der Waals surface area contributed by atoms with Gasteiger partial charge in [0.1, 0.15) is 0 Å². The summed E-state index contributed by atoms with van der Waals surface area (Å²) in [6.45, 7) is 3.45. The molecule has 2 N–H and O–H groups in total. The largest absolute Gasteiger partial charge is 0.354 e. The molecule has 0 aromatic heterocycles. The van der Waals surface area contributed by atoms with Gasteiger partial charge in [-0.1, -0.05) is 0 Å². The van der Waals surface area contributed by atoms with Crippen LogP contribution in [0.15, 0.2) is 0 Å². The van der Waals surface area contributed by atoms with Crippen molar-refractivity contribution in [2.75, 3.05) is 13.1 Å². The molecule has 1 atom stereocenters. The first-order valence-corrected chi connectivity index (χ1v) is 5.09. The third-order valence-electron chi connectivity index (χ3n) is 2.62. The number of unbranched alkanes of at least 4 members (excludes halogenated alkanes) is 1. The summed E-state index contributed by atoms with van der Waals surface area (Å²) in [5, 5.41) is 14.4. The van der Waals surface area contributed by atoms with Crippen molar-refractivity contribution in [2.24, 2.45) is 0 Å². The van der Waals surface area contributed by atoms with E-state index < -0.39 is 0 Å². The molecule has 0 aromatic rings. The summed E-state index contributed by atoms with van der Waals surface area (Å²) in [4.78, 5) is 11.7. The van der Waals surface area contributed by atoms with Gasteiger partial charge >= 0.3 is 0 Å². The highest BCUT2D eigenvalue weighted by Gasteiger charge is 2.35. The number of hydrogen-bond acceptors (Lipinski definition) is 3. The fourth-order valence-corrected chi connectivity index (χ4v) is 1.65. The molecule has 1 fully saturated rings. The summed E-state index contributed by atoms with van der Waals surface area (Å²) in [7, 11) is 0. The Morgan fingerprint density at radius 2 is 2.50 bits per heavy atom. The predicted molar refractivity (Wildman–Crippen MR) is 53.5 cm³/mol. The fraction of sp³-hybridized carbons (Fsp3) is 0.800. The van der Waals surface area contributed by atoms with E-state index in [1.165, 1.54) is 0 Å². The number of carbonyl (C=O) groups is 1. The Balaban J connectivity index is 2.24. The van der Waals surface area contributed by atoms with E-state index in [9.17, 15) is 4.79 Å². The van der Waals surface area contributed by atoms with Gasteiger partial charge in [0.05, 0.1) is 11.6 Å². The van der Waals surface area contributed by atoms with Crippen LogP contribution < -0.4 is 10.6 Å². The van der Waals surface area contributed by atoms with Gasteiger partial charge in [0, 0.05) is 13.0 Å². The van der Waals surface area contributed by atoms with Gasteiger partial charge < -0.3 is 10.6 Å². The van der Waals surface area contributed by atoms with Gasteiger partial charge in [0.25, 0.3) is 0 Å². The number of nitrogens with one attached hydrogen (secondary N) is 2. The number of rotatable bonds is 4. The Bertz CT molecular complexity index is 238. The molecule has 0 radical (unpaired) electrons. The molecular weight excluding hydrogens is 178 g/mol. The van der Waals surface area contributed by atoms with E-state index in [0.29, 0.717) is 13.0 Å². The van der Waals surface area contributed by atoms with E-state index in [4.69, 9.17) is 5.26 Å². The molecule has 0 saturated carbocycles. The van der Waals surface area contributed by atoms with Crippen molar-refractivity contribution < 1.29 is 4.79 Å². The van der Waals surface area contributed by atoms with Gasteiger partial charge in [-0.3, -0.25) is 4.79 Å². The Morgan fingerprint density at radius 1 is 1.71 bits per heavy atom. The third-order valence-corrected chi connectivity index (χ3v) is 2.62. The molecule has 0 aromatic carbocycles. The molecule has 0 bridgehead atoms. The number of nitrogens with zero attached hydrogens (tertiary/aromatic N) is 1. The van der Waals surface area contributed by atoms with Crippen LogP contribution in [0.25, 0.3) is 0 Å². The third kappa shape index (κ3) is 2.71. The molecule has 1 unspecified atom stereocenters. The van der Waals surface area contributed by atoms with Gasteiger partial charge in [0.15, 0.2) is 0 Å². The zero-order valence-corrected chi connectivity index (χ0v) is 8.60. The molecule has 1 aliphatic heterocycles. The predicted octanol–water partition coefficient (Wildman–Crippen LogP) is 0.548. The van der Waals surface area contributed by atoms with Crippen molar-refractivity contribution in [3.63, 3.8) is 0 Å². The molecule has 1 amide bonds. The summed E-state index contributed by atoms with van der Waals surface area (Å²) in [6, 6.07) is 2.05. The zero-order chi connectivity index (χ0) is 10.4. The summed E-state index contributed by atoms with van der Waals surface area (Å²) in [5.41, 5.74) is -0.382. The maximum atomic E-state index is 11.7. The smallest absolute Gasteiger partial charge is 0.240 e. The van der Waals surface area contributed by atoms with Crippen LogP contribution >= 0.6 is 0 Å². The molecule has 1 rings (SSSR count). The Labute approximate surface area is 84.7 Å². The molecule has 1 saturated heterocycles. The highest BCUT2D eigenvalue weighted by Crippen LogP contribution is 2.18. The number of hydrogen-bond donors (Lipinski definition) is 2. The molecule has 4 heteroatoms. The summed E-state index contributed by atoms with van der Waals surface area (Å²) in [5.74, 6) is 0.0629. The highest BCUT2D eigenvalue weighted by molar-refractivity contribution is 5.86. The molecule has 1 heterocycles. The summed E-state index contributed by atoms with van der Waals surface area (Å²) in [6.07, 6.45) is 3.20. The van der Waals surface area contributed by atoms with Crippen LogP contribution in [0, 0.1) is 11.3 Å². The van der Waals surface area contributed by atoms with E-state index in [-0.39, 0.29) is 11.4 Å². The van der Waals surface area contributed by atoms with Crippen molar-refractivity contribution >= 4 is 5.91 Å². The van der Waals surface area contributed by atoms with E-state index in [2.05, 4.69) is 16.7 Å². The average Bonchev–Trinajstić information content (AvgIpc) is 2.61. The van der Waals surface area contributed by atoms with Crippen molar-refractivity contribution in [3.05, 3.63) is 0 Å². The van der Waals surface area contributed by atoms with E-state index >= 15 is 0 Å². The first-order valence-electron chi connectivity index (χ1n) is 5.09. The maximum Gasteiger partial charge on any atom is 0.240 e. The lowest BCUT2D eigenvalue weighted by molar-refractivity contribution is -0.126. The molecule has 4 nitrogen and oxygen atoms in total. The van der Waals surface area contributed by atoms with E-state index in [1.54, 1.807) is 0 Å². The highest BCUT2D eigenvalue weighted by atomic mass is 16.2. The van der Waals surface area contributed by atoms with Gasteiger partial charge in [-0.15, -0.1) is 0 Å². The van der Waals surface area contributed by atoms with Crippen LogP contribution in [0.4, 0.5) is 0 Å². The number of carbonyl (C=O) groups excluding carboxylic acids is 1. The number of nitriles is 1. The quantitative estimate of drug-likeness (QED) is 0.644. The van der Waals surface area contributed by atoms with Crippen molar-refractivity contribution in [2.45, 2.75) is 38.1 Å². The minimum atomic E-state index is -0.382. The standard InChI is InChI=1S/C10H17N3O/c1-10(5-4-8-13-10)9(14)12-7-3-2-6-11/h13H,2-5,7-8H2,1H3,(H,12,14).